The highest BCUT2D eigenvalue weighted by Crippen LogP contribution is 2.36. The lowest BCUT2D eigenvalue weighted by Crippen LogP contribution is -2.03. The van der Waals surface area contributed by atoms with Crippen LogP contribution in [-0.2, 0) is 6.42 Å². The van der Waals surface area contributed by atoms with Crippen LogP contribution >= 0.6 is 0 Å². The molecule has 2 heterocycles. The third-order valence-electron chi connectivity index (χ3n) is 4.03. The van der Waals surface area contributed by atoms with E-state index in [0.29, 0.717) is 34.6 Å². The quantitative estimate of drug-likeness (QED) is 0.721. The number of ether oxygens (including phenoxy) is 3. The zero-order valence-corrected chi connectivity index (χ0v) is 14.2. The average molecular weight is 350 g/mol. The highest BCUT2D eigenvalue weighted by molar-refractivity contribution is 5.73. The summed E-state index contributed by atoms with van der Waals surface area (Å²) in [7, 11) is 0. The van der Waals surface area contributed by atoms with Crippen LogP contribution in [0.4, 0.5) is 17.2 Å². The number of anilines is 3. The van der Waals surface area contributed by atoms with Crippen molar-refractivity contribution >= 4 is 17.2 Å². The first kappa shape index (κ1) is 16.0. The fraction of sp³-hybridized carbons (Fsp3) is 0.158. The second-order valence-corrected chi connectivity index (χ2v) is 5.73. The Bertz CT molecular complexity index is 929. The molecule has 0 aliphatic carbocycles. The Morgan fingerprint density at radius 1 is 1.08 bits per heavy atom. The van der Waals surface area contributed by atoms with Gasteiger partial charge in [0.2, 0.25) is 12.7 Å². The first-order valence-corrected chi connectivity index (χ1v) is 8.27. The minimum absolute atomic E-state index is 0.225. The number of hydrogen-bond acceptors (Lipinski definition) is 7. The molecule has 26 heavy (non-hydrogen) atoms. The van der Waals surface area contributed by atoms with Crippen molar-refractivity contribution in [2.45, 2.75) is 13.3 Å². The van der Waals surface area contributed by atoms with Crippen molar-refractivity contribution in [1.29, 1.82) is 0 Å². The van der Waals surface area contributed by atoms with Crippen LogP contribution in [0.25, 0.3) is 0 Å². The Balaban J connectivity index is 1.55. The maximum atomic E-state index is 6.18. The number of hydrogen-bond donors (Lipinski definition) is 2. The minimum atomic E-state index is 0.225. The van der Waals surface area contributed by atoms with Crippen molar-refractivity contribution < 1.29 is 14.2 Å². The van der Waals surface area contributed by atoms with Crippen molar-refractivity contribution in [3.8, 4) is 23.1 Å². The smallest absolute Gasteiger partial charge is 0.248 e. The number of fused-ring (bicyclic) bond motifs is 1. The van der Waals surface area contributed by atoms with Gasteiger partial charge < -0.3 is 25.3 Å². The lowest BCUT2D eigenvalue weighted by Gasteiger charge is -2.12. The van der Waals surface area contributed by atoms with E-state index >= 15 is 0 Å². The summed E-state index contributed by atoms with van der Waals surface area (Å²) in [4.78, 5) is 8.33. The number of benzene rings is 2. The Morgan fingerprint density at radius 2 is 1.88 bits per heavy atom. The van der Waals surface area contributed by atoms with Crippen LogP contribution in [0, 0.1) is 0 Å². The van der Waals surface area contributed by atoms with E-state index in [1.54, 1.807) is 0 Å². The van der Waals surface area contributed by atoms with E-state index in [0.717, 1.165) is 12.1 Å². The number of nitrogens with one attached hydrogen (secondary N) is 1. The van der Waals surface area contributed by atoms with Crippen molar-refractivity contribution in [3.63, 3.8) is 0 Å². The van der Waals surface area contributed by atoms with Crippen molar-refractivity contribution in [2.75, 3.05) is 17.8 Å². The van der Waals surface area contributed by atoms with E-state index in [2.05, 4.69) is 22.2 Å². The zero-order chi connectivity index (χ0) is 17.9. The molecule has 0 fully saturated rings. The van der Waals surface area contributed by atoms with E-state index in [9.17, 15) is 0 Å². The van der Waals surface area contributed by atoms with Gasteiger partial charge in [0.05, 0.1) is 0 Å². The van der Waals surface area contributed by atoms with Crippen LogP contribution in [0.3, 0.4) is 0 Å². The molecule has 0 saturated carbocycles. The second-order valence-electron chi connectivity index (χ2n) is 5.73. The number of aryl methyl sites for hydroxylation is 1. The maximum absolute atomic E-state index is 6.18. The number of nitrogens with two attached hydrogens (primary N) is 1. The molecule has 0 atom stereocenters. The van der Waals surface area contributed by atoms with Crippen LogP contribution < -0.4 is 25.3 Å². The number of nitrogen functional groups attached to an aromatic ring is 1. The Hall–Kier alpha value is -3.48. The molecular weight excluding hydrogens is 332 g/mol. The molecule has 3 N–H and O–H groups in total. The van der Waals surface area contributed by atoms with Gasteiger partial charge in [-0.1, -0.05) is 19.1 Å². The molecule has 0 saturated heterocycles. The molecule has 0 bridgehead atoms. The molecule has 0 amide bonds. The molecule has 1 aliphatic heterocycles. The maximum Gasteiger partial charge on any atom is 0.248 e. The van der Waals surface area contributed by atoms with Gasteiger partial charge in [0.25, 0.3) is 0 Å². The summed E-state index contributed by atoms with van der Waals surface area (Å²) in [5.41, 5.74) is 8.51. The van der Waals surface area contributed by atoms with Gasteiger partial charge in [-0.3, -0.25) is 0 Å². The third-order valence-corrected chi connectivity index (χ3v) is 4.03. The second kappa shape index (κ2) is 6.79. The summed E-state index contributed by atoms with van der Waals surface area (Å²) in [5, 5.41) is 3.15. The monoisotopic (exact) mass is 350 g/mol. The van der Waals surface area contributed by atoms with Crippen LogP contribution in [-0.4, -0.2) is 16.8 Å². The van der Waals surface area contributed by atoms with Gasteiger partial charge >= 0.3 is 0 Å². The molecule has 7 heteroatoms. The fourth-order valence-corrected chi connectivity index (χ4v) is 2.58. The van der Waals surface area contributed by atoms with Crippen molar-refractivity contribution in [3.05, 3.63) is 54.4 Å². The van der Waals surface area contributed by atoms with Crippen LogP contribution in [0.15, 0.2) is 48.8 Å². The molecule has 4 rings (SSSR count). The SMILES string of the molecule is CCc1ccc(Oc2ncnc(Nc3ccc4c(c3)OCO4)c2N)cc1. The topological polar surface area (TPSA) is 91.5 Å². The highest BCUT2D eigenvalue weighted by atomic mass is 16.7. The summed E-state index contributed by atoms with van der Waals surface area (Å²) in [6.45, 7) is 2.33. The van der Waals surface area contributed by atoms with Gasteiger partial charge in [-0.05, 0) is 36.2 Å². The van der Waals surface area contributed by atoms with Crippen molar-refractivity contribution in [1.82, 2.24) is 9.97 Å². The molecule has 7 nitrogen and oxygen atoms in total. The predicted octanol–water partition coefficient (Wildman–Crippen LogP) is 3.89. The summed E-state index contributed by atoms with van der Waals surface area (Å²) in [5.74, 6) is 2.81. The lowest BCUT2D eigenvalue weighted by atomic mass is 10.2. The summed E-state index contributed by atoms with van der Waals surface area (Å²) >= 11 is 0. The molecular formula is C19H18N4O3. The molecule has 3 aromatic rings. The number of rotatable bonds is 5. The Labute approximate surface area is 150 Å². The Kier molecular flexibility index (Phi) is 4.18. The average Bonchev–Trinajstić information content (AvgIpc) is 3.13. The van der Waals surface area contributed by atoms with Crippen LogP contribution in [0.2, 0.25) is 0 Å². The van der Waals surface area contributed by atoms with E-state index in [1.807, 2.05) is 42.5 Å². The van der Waals surface area contributed by atoms with Gasteiger partial charge in [0.15, 0.2) is 17.3 Å². The molecule has 1 aromatic heterocycles. The van der Waals surface area contributed by atoms with Gasteiger partial charge in [0, 0.05) is 11.8 Å². The first-order chi connectivity index (χ1) is 12.7. The van der Waals surface area contributed by atoms with E-state index in [-0.39, 0.29) is 6.79 Å². The normalized spacial score (nSPS) is 12.0. The van der Waals surface area contributed by atoms with Gasteiger partial charge in [0.1, 0.15) is 17.8 Å². The molecule has 1 aliphatic rings. The molecule has 132 valence electrons. The molecule has 0 unspecified atom stereocenters. The third kappa shape index (κ3) is 3.19. The van der Waals surface area contributed by atoms with E-state index in [4.69, 9.17) is 19.9 Å². The van der Waals surface area contributed by atoms with E-state index in [1.165, 1.54) is 11.9 Å². The zero-order valence-electron chi connectivity index (χ0n) is 14.2. The standard InChI is InChI=1S/C19H18N4O3/c1-2-12-3-6-14(7-4-12)26-19-17(20)18(21-10-22-19)23-13-5-8-15-16(9-13)25-11-24-15/h3-10H,2,11,20H2,1H3,(H,21,22,23). The summed E-state index contributed by atoms with van der Waals surface area (Å²) in [6, 6.07) is 13.3. The molecule has 0 spiro atoms. The number of nitrogens with zero attached hydrogens (tertiary/aromatic N) is 2. The predicted molar refractivity (Wildman–Crippen MR) is 98.2 cm³/mol. The molecule has 2 aromatic carbocycles. The number of aromatic nitrogens is 2. The Morgan fingerprint density at radius 3 is 2.69 bits per heavy atom. The molecule has 0 radical (unpaired) electrons. The summed E-state index contributed by atoms with van der Waals surface area (Å²) in [6.07, 6.45) is 2.38. The van der Waals surface area contributed by atoms with Crippen LogP contribution in [0.1, 0.15) is 12.5 Å². The largest absolute Gasteiger partial charge is 0.454 e. The van der Waals surface area contributed by atoms with Gasteiger partial charge in [-0.15, -0.1) is 0 Å². The fourth-order valence-electron chi connectivity index (χ4n) is 2.58. The minimum Gasteiger partial charge on any atom is -0.454 e. The summed E-state index contributed by atoms with van der Waals surface area (Å²) < 4.78 is 16.5. The van der Waals surface area contributed by atoms with E-state index < -0.39 is 0 Å². The van der Waals surface area contributed by atoms with Gasteiger partial charge in [-0.2, -0.15) is 4.98 Å². The highest BCUT2D eigenvalue weighted by Gasteiger charge is 2.15. The van der Waals surface area contributed by atoms with Crippen LogP contribution in [0.5, 0.6) is 23.1 Å². The van der Waals surface area contributed by atoms with Gasteiger partial charge in [-0.25, -0.2) is 4.98 Å². The lowest BCUT2D eigenvalue weighted by molar-refractivity contribution is 0.174. The first-order valence-electron chi connectivity index (χ1n) is 8.27. The van der Waals surface area contributed by atoms with Crippen molar-refractivity contribution in [2.24, 2.45) is 0 Å².